The predicted molar refractivity (Wildman–Crippen MR) is 156 cm³/mol. The number of anilines is 2. The van der Waals surface area contributed by atoms with Crippen molar-refractivity contribution in [3.8, 4) is 11.6 Å². The van der Waals surface area contributed by atoms with E-state index in [1.807, 2.05) is 36.4 Å². The van der Waals surface area contributed by atoms with Crippen molar-refractivity contribution in [1.82, 2.24) is 15.3 Å². The van der Waals surface area contributed by atoms with Crippen LogP contribution in [0.1, 0.15) is 36.0 Å². The van der Waals surface area contributed by atoms with Gasteiger partial charge in [0.05, 0.1) is 5.52 Å². The minimum atomic E-state index is -0.157. The molecule has 2 N–H and O–H groups in total. The van der Waals surface area contributed by atoms with Crippen LogP contribution in [-0.4, -0.2) is 42.6 Å². The van der Waals surface area contributed by atoms with Crippen molar-refractivity contribution in [2.75, 3.05) is 30.9 Å². The van der Waals surface area contributed by atoms with E-state index in [-0.39, 0.29) is 18.3 Å². The average Bonchev–Trinajstić information content (AvgIpc) is 2.93. The zero-order valence-electron chi connectivity index (χ0n) is 21.8. The van der Waals surface area contributed by atoms with Crippen LogP contribution in [0, 0.1) is 5.92 Å². The van der Waals surface area contributed by atoms with Crippen LogP contribution < -0.4 is 20.3 Å². The summed E-state index contributed by atoms with van der Waals surface area (Å²) >= 11 is 0. The van der Waals surface area contributed by atoms with Crippen molar-refractivity contribution >= 4 is 40.7 Å². The largest absolute Gasteiger partial charge is 0.438 e. The Morgan fingerprint density at radius 2 is 1.71 bits per heavy atom. The molecule has 0 bridgehead atoms. The van der Waals surface area contributed by atoms with Gasteiger partial charge < -0.3 is 20.3 Å². The van der Waals surface area contributed by atoms with Gasteiger partial charge in [0.2, 0.25) is 5.88 Å². The number of carbonyl (C=O) groups excluding carboxylic acids is 1. The monoisotopic (exact) mass is 531 g/mol. The highest BCUT2D eigenvalue weighted by molar-refractivity contribution is 5.96. The second kappa shape index (κ2) is 12.6. The lowest BCUT2D eigenvalue weighted by atomic mass is 9.86. The molecule has 8 heteroatoms. The van der Waals surface area contributed by atoms with Crippen LogP contribution in [0.2, 0.25) is 0 Å². The molecule has 2 heterocycles. The molecule has 198 valence electrons. The van der Waals surface area contributed by atoms with Crippen LogP contribution in [0.3, 0.4) is 0 Å². The van der Waals surface area contributed by atoms with Gasteiger partial charge in [-0.25, -0.2) is 9.97 Å². The number of pyridine rings is 2. The number of amides is 1. The van der Waals surface area contributed by atoms with Gasteiger partial charge in [-0.15, -0.1) is 12.4 Å². The van der Waals surface area contributed by atoms with E-state index in [0.29, 0.717) is 35.7 Å². The molecule has 4 aromatic rings. The Labute approximate surface area is 230 Å². The van der Waals surface area contributed by atoms with Crippen LogP contribution in [0.4, 0.5) is 11.5 Å². The number of hydrogen-bond acceptors (Lipinski definition) is 6. The van der Waals surface area contributed by atoms with E-state index in [0.717, 1.165) is 48.1 Å². The molecule has 0 spiro atoms. The molecule has 0 saturated heterocycles. The van der Waals surface area contributed by atoms with Crippen molar-refractivity contribution in [1.29, 1.82) is 0 Å². The Morgan fingerprint density at radius 3 is 2.47 bits per heavy atom. The van der Waals surface area contributed by atoms with Gasteiger partial charge in [0.25, 0.3) is 5.91 Å². The molecule has 5 rings (SSSR count). The average molecular weight is 532 g/mol. The summed E-state index contributed by atoms with van der Waals surface area (Å²) < 4.78 is 5.85. The van der Waals surface area contributed by atoms with Crippen molar-refractivity contribution in [3.05, 3.63) is 84.6 Å². The van der Waals surface area contributed by atoms with Gasteiger partial charge in [0.1, 0.15) is 17.1 Å². The van der Waals surface area contributed by atoms with Gasteiger partial charge in [0, 0.05) is 50.0 Å². The standard InChI is InChI=1S/C30H33N5O2.ClH/c1-35(2)27-19-28(34-26-13-7-6-11-24(26)27)33-22-16-14-21(15-17-22)20-32-29(36)25-12-8-18-31-30(25)37-23-9-4-3-5-10-23;/h3-13,18-19,21-22H,14-17,20H2,1-2H3,(H,32,36)(H,33,34);1H/t21-,22+;. The topological polar surface area (TPSA) is 79.4 Å². The molecule has 38 heavy (non-hydrogen) atoms. The van der Waals surface area contributed by atoms with Gasteiger partial charge in [0.15, 0.2) is 0 Å². The number of rotatable bonds is 8. The first-order chi connectivity index (χ1) is 18.1. The summed E-state index contributed by atoms with van der Waals surface area (Å²) in [5, 5.41) is 7.92. The maximum absolute atomic E-state index is 12.9. The summed E-state index contributed by atoms with van der Waals surface area (Å²) in [5.41, 5.74) is 2.61. The zero-order valence-corrected chi connectivity index (χ0v) is 22.6. The lowest BCUT2D eigenvalue weighted by Gasteiger charge is -2.30. The van der Waals surface area contributed by atoms with Gasteiger partial charge in [-0.1, -0.05) is 36.4 Å². The number of fused-ring (bicyclic) bond motifs is 1. The number of carbonyl (C=O) groups is 1. The van der Waals surface area contributed by atoms with Crippen molar-refractivity contribution in [3.63, 3.8) is 0 Å². The number of benzene rings is 2. The van der Waals surface area contributed by atoms with E-state index < -0.39 is 0 Å². The van der Waals surface area contributed by atoms with Gasteiger partial charge in [-0.2, -0.15) is 0 Å². The minimum Gasteiger partial charge on any atom is -0.438 e. The maximum Gasteiger partial charge on any atom is 0.256 e. The quantitative estimate of drug-likeness (QED) is 0.277. The third-order valence-electron chi connectivity index (χ3n) is 6.90. The zero-order chi connectivity index (χ0) is 25.6. The fourth-order valence-electron chi connectivity index (χ4n) is 4.90. The molecule has 1 fully saturated rings. The molecule has 1 aliphatic carbocycles. The van der Waals surface area contributed by atoms with Crippen LogP contribution >= 0.6 is 12.4 Å². The van der Waals surface area contributed by atoms with Gasteiger partial charge in [-0.3, -0.25) is 4.79 Å². The number of nitrogens with one attached hydrogen (secondary N) is 2. The molecule has 2 aromatic carbocycles. The number of aromatic nitrogens is 2. The Balaban J connectivity index is 0.00000336. The first-order valence-electron chi connectivity index (χ1n) is 12.9. The summed E-state index contributed by atoms with van der Waals surface area (Å²) in [4.78, 5) is 24.2. The van der Waals surface area contributed by atoms with Crippen LogP contribution in [-0.2, 0) is 0 Å². The molecular formula is C30H34ClN5O2. The molecule has 7 nitrogen and oxygen atoms in total. The van der Waals surface area contributed by atoms with E-state index in [2.05, 4.69) is 58.9 Å². The second-order valence-electron chi connectivity index (χ2n) is 9.78. The van der Waals surface area contributed by atoms with E-state index in [1.54, 1.807) is 18.3 Å². The Kier molecular flexibility index (Phi) is 9.02. The predicted octanol–water partition coefficient (Wildman–Crippen LogP) is 6.31. The Bertz CT molecular complexity index is 1360. The SMILES string of the molecule is CN(C)c1cc(N[C@H]2CC[C@@H](CNC(=O)c3cccnc3Oc3ccccc3)CC2)nc2ccccc12.Cl. The highest BCUT2D eigenvalue weighted by Crippen LogP contribution is 2.30. The molecule has 2 aromatic heterocycles. The maximum atomic E-state index is 12.9. The van der Waals surface area contributed by atoms with Gasteiger partial charge >= 0.3 is 0 Å². The third-order valence-corrected chi connectivity index (χ3v) is 6.90. The van der Waals surface area contributed by atoms with Crippen molar-refractivity contribution < 1.29 is 9.53 Å². The molecule has 0 unspecified atom stereocenters. The van der Waals surface area contributed by atoms with Gasteiger partial charge in [-0.05, 0) is 61.9 Å². The summed E-state index contributed by atoms with van der Waals surface area (Å²) in [5.74, 6) is 2.18. The van der Waals surface area contributed by atoms with Crippen LogP contribution in [0.25, 0.3) is 10.9 Å². The van der Waals surface area contributed by atoms with Crippen LogP contribution in [0.5, 0.6) is 11.6 Å². The summed E-state index contributed by atoms with van der Waals surface area (Å²) in [6, 6.07) is 23.7. The Hall–Kier alpha value is -3.84. The fraction of sp³-hybridized carbons (Fsp3) is 0.300. The third kappa shape index (κ3) is 6.53. The summed E-state index contributed by atoms with van der Waals surface area (Å²) in [7, 11) is 4.13. The van der Waals surface area contributed by atoms with Crippen molar-refractivity contribution in [2.45, 2.75) is 31.7 Å². The number of ether oxygens (including phenoxy) is 1. The first-order valence-corrected chi connectivity index (χ1v) is 12.9. The molecular weight excluding hydrogens is 498 g/mol. The summed E-state index contributed by atoms with van der Waals surface area (Å²) in [6.07, 6.45) is 5.82. The molecule has 0 radical (unpaired) electrons. The first kappa shape index (κ1) is 27.2. The number of nitrogens with zero attached hydrogens (tertiary/aromatic N) is 3. The molecule has 0 atom stereocenters. The molecule has 0 aliphatic heterocycles. The molecule has 1 aliphatic rings. The number of para-hydroxylation sites is 2. The highest BCUT2D eigenvalue weighted by Gasteiger charge is 2.23. The van der Waals surface area contributed by atoms with E-state index in [9.17, 15) is 4.79 Å². The number of halogens is 1. The van der Waals surface area contributed by atoms with Crippen molar-refractivity contribution in [2.24, 2.45) is 5.92 Å². The Morgan fingerprint density at radius 1 is 0.974 bits per heavy atom. The van der Waals surface area contributed by atoms with E-state index >= 15 is 0 Å². The van der Waals surface area contributed by atoms with E-state index in [4.69, 9.17) is 9.72 Å². The highest BCUT2D eigenvalue weighted by atomic mass is 35.5. The molecule has 1 amide bonds. The minimum absolute atomic E-state index is 0. The lowest BCUT2D eigenvalue weighted by Crippen LogP contribution is -2.34. The number of hydrogen-bond donors (Lipinski definition) is 2. The van der Waals surface area contributed by atoms with Crippen LogP contribution in [0.15, 0.2) is 79.0 Å². The molecule has 1 saturated carbocycles. The smallest absolute Gasteiger partial charge is 0.256 e. The lowest BCUT2D eigenvalue weighted by molar-refractivity contribution is 0.0940. The second-order valence-corrected chi connectivity index (χ2v) is 9.78. The summed E-state index contributed by atoms with van der Waals surface area (Å²) in [6.45, 7) is 0.643. The van der Waals surface area contributed by atoms with E-state index in [1.165, 1.54) is 0 Å². The normalized spacial score (nSPS) is 16.8. The fourth-order valence-corrected chi connectivity index (χ4v) is 4.90.